The Labute approximate surface area is 153 Å². The number of rotatable bonds is 6. The summed E-state index contributed by atoms with van der Waals surface area (Å²) >= 11 is 0. The zero-order chi connectivity index (χ0) is 19.2. The molecule has 1 aliphatic rings. The molecule has 26 heavy (non-hydrogen) atoms. The number of hydrogen-bond donors (Lipinski definition) is 1. The number of benzene rings is 1. The molecule has 0 bridgehead atoms. The predicted octanol–water partition coefficient (Wildman–Crippen LogP) is 1.91. The first-order valence-electron chi connectivity index (χ1n) is 8.41. The predicted molar refractivity (Wildman–Crippen MR) is 98.6 cm³/mol. The lowest BCUT2D eigenvalue weighted by Gasteiger charge is -2.25. The average molecular weight is 377 g/mol. The van der Waals surface area contributed by atoms with Gasteiger partial charge in [0, 0.05) is 32.5 Å². The summed E-state index contributed by atoms with van der Waals surface area (Å²) in [7, 11) is -0.0518. The van der Waals surface area contributed by atoms with Gasteiger partial charge < -0.3 is 10.0 Å². The van der Waals surface area contributed by atoms with Crippen LogP contribution in [-0.2, 0) is 16.9 Å². The number of hydrogen-bond acceptors (Lipinski definition) is 6. The molecule has 0 radical (unpaired) electrons. The SMILES string of the molecule is Cc1c(C(=O)c2cnn(C)c2O)ccc(S(C)(=O)=O)c1N(C)CC1CC1. The molecule has 3 rings (SSSR count). The molecule has 1 heterocycles. The maximum Gasteiger partial charge on any atom is 0.220 e. The first-order chi connectivity index (χ1) is 12.1. The Bertz CT molecular complexity index is 975. The van der Waals surface area contributed by atoms with Crippen LogP contribution in [0.5, 0.6) is 5.88 Å². The second kappa shape index (κ2) is 6.42. The van der Waals surface area contributed by atoms with E-state index in [1.165, 1.54) is 29.3 Å². The van der Waals surface area contributed by atoms with Gasteiger partial charge in [0.2, 0.25) is 5.88 Å². The molecule has 1 N–H and O–H groups in total. The van der Waals surface area contributed by atoms with Gasteiger partial charge in [-0.1, -0.05) is 0 Å². The molecule has 7 nitrogen and oxygen atoms in total. The van der Waals surface area contributed by atoms with Gasteiger partial charge in [0.1, 0.15) is 5.56 Å². The molecule has 1 aromatic carbocycles. The van der Waals surface area contributed by atoms with E-state index in [1.807, 2.05) is 11.9 Å². The minimum Gasteiger partial charge on any atom is -0.493 e. The van der Waals surface area contributed by atoms with Crippen LogP contribution in [0.4, 0.5) is 5.69 Å². The van der Waals surface area contributed by atoms with Crippen LogP contribution in [0.15, 0.2) is 23.2 Å². The number of carbonyl (C=O) groups excluding carboxylic acids is 1. The van der Waals surface area contributed by atoms with E-state index in [1.54, 1.807) is 14.0 Å². The molecule has 0 atom stereocenters. The molecule has 1 aromatic heterocycles. The van der Waals surface area contributed by atoms with E-state index < -0.39 is 9.84 Å². The number of nitrogens with zero attached hydrogens (tertiary/aromatic N) is 3. The molecule has 0 spiro atoms. The first kappa shape index (κ1) is 18.4. The van der Waals surface area contributed by atoms with Gasteiger partial charge in [0.25, 0.3) is 0 Å². The monoisotopic (exact) mass is 377 g/mol. The van der Waals surface area contributed by atoms with Gasteiger partial charge >= 0.3 is 0 Å². The Kier molecular flexibility index (Phi) is 4.56. The second-order valence-electron chi connectivity index (χ2n) is 7.02. The molecule has 140 valence electrons. The molecule has 0 saturated heterocycles. The fraction of sp³-hybridized carbons (Fsp3) is 0.444. The van der Waals surface area contributed by atoms with Crippen LogP contribution in [0, 0.1) is 12.8 Å². The first-order valence-corrected chi connectivity index (χ1v) is 10.3. The summed E-state index contributed by atoms with van der Waals surface area (Å²) in [5, 5.41) is 13.9. The van der Waals surface area contributed by atoms with Gasteiger partial charge in [-0.15, -0.1) is 0 Å². The molecular formula is C18H23N3O4S. The lowest BCUT2D eigenvalue weighted by atomic mass is 9.98. The fourth-order valence-electron chi connectivity index (χ4n) is 3.21. The van der Waals surface area contributed by atoms with Gasteiger partial charge in [-0.25, -0.2) is 13.1 Å². The molecular weight excluding hydrogens is 354 g/mol. The normalized spacial score (nSPS) is 14.5. The number of anilines is 1. The Balaban J connectivity index is 2.12. The van der Waals surface area contributed by atoms with Gasteiger partial charge in [-0.3, -0.25) is 4.79 Å². The number of aromatic nitrogens is 2. The summed E-state index contributed by atoms with van der Waals surface area (Å²) in [5.74, 6) is -0.0303. The molecule has 0 amide bonds. The zero-order valence-electron chi connectivity index (χ0n) is 15.4. The average Bonchev–Trinajstić information content (AvgIpc) is 3.30. The lowest BCUT2D eigenvalue weighted by molar-refractivity contribution is 0.103. The van der Waals surface area contributed by atoms with E-state index in [2.05, 4.69) is 5.10 Å². The van der Waals surface area contributed by atoms with E-state index in [0.717, 1.165) is 19.4 Å². The summed E-state index contributed by atoms with van der Waals surface area (Å²) < 4.78 is 25.7. The highest BCUT2D eigenvalue weighted by Gasteiger charge is 2.28. The Morgan fingerprint density at radius 2 is 2.00 bits per heavy atom. The third-order valence-electron chi connectivity index (χ3n) is 4.80. The number of sulfone groups is 1. The lowest BCUT2D eigenvalue weighted by Crippen LogP contribution is -2.24. The largest absolute Gasteiger partial charge is 0.493 e. The van der Waals surface area contributed by atoms with Crippen molar-refractivity contribution >= 4 is 21.3 Å². The van der Waals surface area contributed by atoms with Crippen molar-refractivity contribution in [2.24, 2.45) is 13.0 Å². The van der Waals surface area contributed by atoms with Crippen LogP contribution in [0.3, 0.4) is 0 Å². The van der Waals surface area contributed by atoms with Crippen molar-refractivity contribution in [3.8, 4) is 5.88 Å². The standard InChI is InChI=1S/C18H23N3O4S/c1-11-13(17(22)14-9-19-21(3)18(14)23)7-8-15(26(4,24)25)16(11)20(2)10-12-5-6-12/h7-9,12,23H,5-6,10H2,1-4H3. The molecule has 2 aromatic rings. The maximum absolute atomic E-state index is 12.9. The summed E-state index contributed by atoms with van der Waals surface area (Å²) in [6, 6.07) is 2.98. The highest BCUT2D eigenvalue weighted by molar-refractivity contribution is 7.90. The summed E-state index contributed by atoms with van der Waals surface area (Å²) in [5.41, 5.74) is 1.59. The highest BCUT2D eigenvalue weighted by atomic mass is 32.2. The van der Waals surface area contributed by atoms with E-state index in [0.29, 0.717) is 22.7 Å². The van der Waals surface area contributed by atoms with Crippen molar-refractivity contribution in [3.05, 3.63) is 35.0 Å². The molecule has 8 heteroatoms. The summed E-state index contributed by atoms with van der Waals surface area (Å²) in [6.07, 6.45) is 4.76. The van der Waals surface area contributed by atoms with E-state index in [4.69, 9.17) is 0 Å². The van der Waals surface area contributed by atoms with Crippen molar-refractivity contribution in [3.63, 3.8) is 0 Å². The smallest absolute Gasteiger partial charge is 0.220 e. The van der Waals surface area contributed by atoms with Crippen LogP contribution in [-0.4, -0.2) is 48.9 Å². The highest BCUT2D eigenvalue weighted by Crippen LogP contribution is 2.36. The van der Waals surface area contributed by atoms with Crippen LogP contribution in [0.25, 0.3) is 0 Å². The van der Waals surface area contributed by atoms with Crippen molar-refractivity contribution in [2.45, 2.75) is 24.7 Å². The molecule has 0 aliphatic heterocycles. The molecule has 1 fully saturated rings. The Morgan fingerprint density at radius 3 is 2.50 bits per heavy atom. The maximum atomic E-state index is 12.9. The third kappa shape index (κ3) is 3.33. The van der Waals surface area contributed by atoms with E-state index in [9.17, 15) is 18.3 Å². The quantitative estimate of drug-likeness (QED) is 0.773. The van der Waals surface area contributed by atoms with Crippen LogP contribution in [0.1, 0.15) is 34.3 Å². The van der Waals surface area contributed by atoms with E-state index in [-0.39, 0.29) is 22.1 Å². The topological polar surface area (TPSA) is 92.5 Å². The molecule has 1 aliphatic carbocycles. The van der Waals surface area contributed by atoms with Crippen LogP contribution < -0.4 is 4.90 Å². The molecule has 0 unspecified atom stereocenters. The number of aryl methyl sites for hydroxylation is 1. The van der Waals surface area contributed by atoms with E-state index >= 15 is 0 Å². The number of carbonyl (C=O) groups is 1. The summed E-state index contributed by atoms with van der Waals surface area (Å²) in [6.45, 7) is 2.49. The summed E-state index contributed by atoms with van der Waals surface area (Å²) in [4.78, 5) is 15.0. The van der Waals surface area contributed by atoms with Crippen molar-refractivity contribution < 1.29 is 18.3 Å². The Hall–Kier alpha value is -2.35. The van der Waals surface area contributed by atoms with Gasteiger partial charge in [0.05, 0.1) is 16.8 Å². The second-order valence-corrected chi connectivity index (χ2v) is 9.00. The number of ketones is 1. The van der Waals surface area contributed by atoms with Crippen LogP contribution >= 0.6 is 0 Å². The zero-order valence-corrected chi connectivity index (χ0v) is 16.2. The van der Waals surface area contributed by atoms with Crippen molar-refractivity contribution in [1.82, 2.24) is 9.78 Å². The van der Waals surface area contributed by atoms with Gasteiger partial charge in [-0.05, 0) is 43.4 Å². The van der Waals surface area contributed by atoms with Crippen molar-refractivity contribution in [1.29, 1.82) is 0 Å². The number of aromatic hydroxyl groups is 1. The Morgan fingerprint density at radius 1 is 1.35 bits per heavy atom. The molecule has 1 saturated carbocycles. The third-order valence-corrected chi connectivity index (χ3v) is 5.93. The van der Waals surface area contributed by atoms with Crippen LogP contribution in [0.2, 0.25) is 0 Å². The van der Waals surface area contributed by atoms with Crippen molar-refractivity contribution in [2.75, 3.05) is 24.7 Å². The fourth-order valence-corrected chi connectivity index (χ4v) is 4.19. The van der Waals surface area contributed by atoms with Gasteiger partial charge in [-0.2, -0.15) is 5.10 Å². The minimum atomic E-state index is -3.45. The minimum absolute atomic E-state index is 0.0958. The van der Waals surface area contributed by atoms with Gasteiger partial charge in [0.15, 0.2) is 15.6 Å².